The molecule has 0 radical (unpaired) electrons. The number of imidazole rings is 1. The summed E-state index contributed by atoms with van der Waals surface area (Å²) in [6.45, 7) is 4.67. The maximum Gasteiger partial charge on any atom is 0.251 e. The zero-order valence-electron chi connectivity index (χ0n) is 17.0. The second-order valence-corrected chi connectivity index (χ2v) is 7.58. The van der Waals surface area contributed by atoms with Gasteiger partial charge in [-0.05, 0) is 43.2 Å². The zero-order chi connectivity index (χ0) is 21.3. The highest BCUT2D eigenvalue weighted by Gasteiger charge is 2.25. The first-order valence-electron chi connectivity index (χ1n) is 9.95. The van der Waals surface area contributed by atoms with Crippen molar-refractivity contribution in [2.75, 3.05) is 33.4 Å². The van der Waals surface area contributed by atoms with Crippen molar-refractivity contribution in [1.82, 2.24) is 20.0 Å². The highest BCUT2D eigenvalue weighted by Crippen LogP contribution is 2.32. The number of fused-ring (bicyclic) bond motifs is 1. The summed E-state index contributed by atoms with van der Waals surface area (Å²) >= 11 is 0. The Morgan fingerprint density at radius 1 is 1.33 bits per heavy atom. The number of aryl methyl sites for hydroxylation is 1. The highest BCUT2D eigenvalue weighted by molar-refractivity contribution is 5.94. The van der Waals surface area contributed by atoms with Gasteiger partial charge in [-0.25, -0.2) is 13.8 Å². The van der Waals surface area contributed by atoms with Crippen molar-refractivity contribution >= 4 is 11.6 Å². The Kier molecular flexibility index (Phi) is 5.78. The van der Waals surface area contributed by atoms with E-state index in [2.05, 4.69) is 15.6 Å². The molecule has 6 nitrogen and oxygen atoms in total. The fourth-order valence-electron chi connectivity index (χ4n) is 3.83. The number of rotatable bonds is 4. The average molecular weight is 414 g/mol. The molecule has 8 heteroatoms. The largest absolute Gasteiger partial charge is 0.380 e. The normalized spacial score (nSPS) is 17.1. The summed E-state index contributed by atoms with van der Waals surface area (Å²) in [5.74, 6) is -2.04. The number of carbonyl (C=O) groups excluding carboxylic acids is 1. The molecule has 1 aliphatic heterocycles. The highest BCUT2D eigenvalue weighted by atomic mass is 19.1. The first kappa shape index (κ1) is 20.4. The summed E-state index contributed by atoms with van der Waals surface area (Å²) in [5.41, 5.74) is 2.30. The van der Waals surface area contributed by atoms with Crippen LogP contribution in [-0.4, -0.2) is 48.6 Å². The Balaban J connectivity index is 1.85. The number of nitrogens with zero attached hydrogens (tertiary/aromatic N) is 2. The maximum absolute atomic E-state index is 15.0. The molecule has 2 aromatic heterocycles. The number of halogens is 2. The number of carbonyl (C=O) groups is 1. The molecule has 1 amide bonds. The Hall–Kier alpha value is -2.84. The lowest BCUT2D eigenvalue weighted by molar-refractivity contribution is 0.0962. The first-order chi connectivity index (χ1) is 14.5. The van der Waals surface area contributed by atoms with E-state index in [1.165, 1.54) is 7.05 Å². The topological polar surface area (TPSA) is 67.7 Å². The minimum absolute atomic E-state index is 0.0706. The van der Waals surface area contributed by atoms with Crippen LogP contribution in [0.2, 0.25) is 0 Å². The number of amides is 1. The SMILES string of the molecule is CNC(=O)c1cc(F)c(-c2nc3cc(C)ccn3c2CC2CNCCOC2)c(F)c1. The third kappa shape index (κ3) is 3.93. The minimum atomic E-state index is -0.815. The Bertz CT molecular complexity index is 1070. The van der Waals surface area contributed by atoms with Crippen LogP contribution < -0.4 is 10.6 Å². The molecule has 3 aromatic rings. The summed E-state index contributed by atoms with van der Waals surface area (Å²) in [6, 6.07) is 5.91. The second kappa shape index (κ2) is 8.49. The third-order valence-corrected chi connectivity index (χ3v) is 5.34. The summed E-state index contributed by atoms with van der Waals surface area (Å²) in [6.07, 6.45) is 2.42. The fraction of sp³-hybridized carbons (Fsp3) is 0.364. The van der Waals surface area contributed by atoms with E-state index < -0.39 is 17.5 Å². The van der Waals surface area contributed by atoms with Crippen LogP contribution >= 0.6 is 0 Å². The zero-order valence-corrected chi connectivity index (χ0v) is 17.0. The summed E-state index contributed by atoms with van der Waals surface area (Å²) < 4.78 is 37.6. The van der Waals surface area contributed by atoms with Gasteiger partial charge < -0.3 is 19.8 Å². The predicted molar refractivity (Wildman–Crippen MR) is 110 cm³/mol. The molecule has 4 rings (SSSR count). The molecule has 1 fully saturated rings. The van der Waals surface area contributed by atoms with Crippen molar-refractivity contribution in [3.8, 4) is 11.3 Å². The van der Waals surface area contributed by atoms with Crippen LogP contribution in [0.5, 0.6) is 0 Å². The van der Waals surface area contributed by atoms with E-state index in [4.69, 9.17) is 4.74 Å². The lowest BCUT2D eigenvalue weighted by Gasteiger charge is -2.15. The van der Waals surface area contributed by atoms with E-state index >= 15 is 8.78 Å². The molecule has 0 spiro atoms. The monoisotopic (exact) mass is 414 g/mol. The molecule has 1 aliphatic rings. The van der Waals surface area contributed by atoms with Crippen molar-refractivity contribution in [1.29, 1.82) is 0 Å². The van der Waals surface area contributed by atoms with Gasteiger partial charge in [0.15, 0.2) is 0 Å². The van der Waals surface area contributed by atoms with E-state index in [-0.39, 0.29) is 22.7 Å². The smallest absolute Gasteiger partial charge is 0.251 e. The Morgan fingerprint density at radius 2 is 2.10 bits per heavy atom. The number of aromatic nitrogens is 2. The summed E-state index contributed by atoms with van der Waals surface area (Å²) in [4.78, 5) is 16.4. The average Bonchev–Trinajstić information content (AvgIpc) is 2.88. The summed E-state index contributed by atoms with van der Waals surface area (Å²) in [7, 11) is 1.41. The van der Waals surface area contributed by atoms with E-state index in [1.54, 1.807) is 0 Å². The molecule has 0 aliphatic carbocycles. The Morgan fingerprint density at radius 3 is 2.83 bits per heavy atom. The van der Waals surface area contributed by atoms with Crippen LogP contribution in [-0.2, 0) is 11.2 Å². The van der Waals surface area contributed by atoms with Gasteiger partial charge >= 0.3 is 0 Å². The quantitative estimate of drug-likeness (QED) is 0.689. The maximum atomic E-state index is 15.0. The molecular formula is C22H24F2N4O2. The number of benzene rings is 1. The first-order valence-corrected chi connectivity index (χ1v) is 9.95. The van der Waals surface area contributed by atoms with Crippen molar-refractivity contribution in [2.24, 2.45) is 5.92 Å². The molecule has 1 saturated heterocycles. The molecule has 30 heavy (non-hydrogen) atoms. The van der Waals surface area contributed by atoms with Crippen LogP contribution in [0.3, 0.4) is 0 Å². The Labute approximate surface area is 173 Å². The van der Waals surface area contributed by atoms with Crippen LogP contribution in [0, 0.1) is 24.5 Å². The third-order valence-electron chi connectivity index (χ3n) is 5.34. The van der Waals surface area contributed by atoms with Gasteiger partial charge in [-0.3, -0.25) is 4.79 Å². The van der Waals surface area contributed by atoms with Crippen LogP contribution in [0.4, 0.5) is 8.78 Å². The number of pyridine rings is 1. The predicted octanol–water partition coefficient (Wildman–Crippen LogP) is 2.73. The van der Waals surface area contributed by atoms with Crippen molar-refractivity contribution in [3.63, 3.8) is 0 Å². The number of hydrogen-bond donors (Lipinski definition) is 2. The molecule has 158 valence electrons. The van der Waals surface area contributed by atoms with Gasteiger partial charge in [0.05, 0.1) is 30.2 Å². The van der Waals surface area contributed by atoms with E-state index in [0.717, 1.165) is 30.8 Å². The van der Waals surface area contributed by atoms with E-state index in [0.29, 0.717) is 31.0 Å². The lowest BCUT2D eigenvalue weighted by Crippen LogP contribution is -2.25. The molecular weight excluding hydrogens is 390 g/mol. The van der Waals surface area contributed by atoms with Crippen LogP contribution in [0.25, 0.3) is 16.9 Å². The fourth-order valence-corrected chi connectivity index (χ4v) is 3.83. The molecule has 1 unspecified atom stereocenters. The number of ether oxygens (including phenoxy) is 1. The van der Waals surface area contributed by atoms with Gasteiger partial charge in [0.2, 0.25) is 0 Å². The van der Waals surface area contributed by atoms with Crippen molar-refractivity contribution in [2.45, 2.75) is 13.3 Å². The van der Waals surface area contributed by atoms with Gasteiger partial charge in [0, 0.05) is 37.8 Å². The van der Waals surface area contributed by atoms with Crippen LogP contribution in [0.1, 0.15) is 21.6 Å². The van der Waals surface area contributed by atoms with E-state index in [9.17, 15) is 4.79 Å². The van der Waals surface area contributed by atoms with Crippen molar-refractivity contribution < 1.29 is 18.3 Å². The lowest BCUT2D eigenvalue weighted by atomic mass is 9.99. The van der Waals surface area contributed by atoms with Crippen molar-refractivity contribution in [3.05, 3.63) is 58.9 Å². The molecule has 2 N–H and O–H groups in total. The second-order valence-electron chi connectivity index (χ2n) is 7.58. The van der Waals surface area contributed by atoms with Gasteiger partial charge in [-0.2, -0.15) is 0 Å². The van der Waals surface area contributed by atoms with Gasteiger partial charge in [-0.15, -0.1) is 0 Å². The van der Waals surface area contributed by atoms with E-state index in [1.807, 2.05) is 29.7 Å². The molecule has 1 atom stereocenters. The molecule has 0 saturated carbocycles. The number of nitrogens with one attached hydrogen (secondary N) is 2. The van der Waals surface area contributed by atoms with Gasteiger partial charge in [-0.1, -0.05) is 0 Å². The molecule has 3 heterocycles. The minimum Gasteiger partial charge on any atom is -0.380 e. The van der Waals surface area contributed by atoms with Gasteiger partial charge in [0.25, 0.3) is 5.91 Å². The number of hydrogen-bond acceptors (Lipinski definition) is 4. The molecule has 1 aromatic carbocycles. The summed E-state index contributed by atoms with van der Waals surface area (Å²) in [5, 5.41) is 5.71. The van der Waals surface area contributed by atoms with Gasteiger partial charge in [0.1, 0.15) is 17.3 Å². The standard InChI is InChI=1S/C22H24F2N4O2/c1-13-3-5-28-18(8-14-11-26-4-6-30-12-14)21(27-19(28)7-13)20-16(23)9-15(10-17(20)24)22(29)25-2/h3,5,7,9-10,14,26H,4,6,8,11-12H2,1-2H3,(H,25,29). The molecule has 0 bridgehead atoms. The van der Waals surface area contributed by atoms with Crippen LogP contribution in [0.15, 0.2) is 30.5 Å².